The van der Waals surface area contributed by atoms with Crippen molar-refractivity contribution in [2.24, 2.45) is 4.99 Å². The fourth-order valence-electron chi connectivity index (χ4n) is 2.81. The average molecular weight is 456 g/mol. The summed E-state index contributed by atoms with van der Waals surface area (Å²) in [5.41, 5.74) is 0. The molecule has 23 heavy (non-hydrogen) atoms. The first-order chi connectivity index (χ1) is 10.4. The molecule has 1 aliphatic heterocycles. The Labute approximate surface area is 165 Å². The molecule has 0 unspecified atom stereocenters. The van der Waals surface area contributed by atoms with E-state index in [-0.39, 0.29) is 24.0 Å². The molecule has 0 aromatic rings. The first kappa shape index (κ1) is 23.3. The predicted molar refractivity (Wildman–Crippen MR) is 117 cm³/mol. The van der Waals surface area contributed by atoms with Crippen molar-refractivity contribution in [1.29, 1.82) is 0 Å². The highest BCUT2D eigenvalue weighted by molar-refractivity contribution is 14.0. The topological polar surface area (TPSA) is 30.9 Å². The molecule has 0 amide bonds. The Balaban J connectivity index is 0.00000484. The van der Waals surface area contributed by atoms with Gasteiger partial charge in [-0.15, -0.1) is 24.0 Å². The number of halogens is 1. The summed E-state index contributed by atoms with van der Waals surface area (Å²) in [6.07, 6.45) is 6.58. The fourth-order valence-corrected chi connectivity index (χ4v) is 3.92. The number of unbranched alkanes of at least 4 members (excludes halogenated alkanes) is 4. The van der Waals surface area contributed by atoms with Crippen LogP contribution in [0.3, 0.4) is 0 Å². The quantitative estimate of drug-likeness (QED) is 0.262. The molecular weight excluding hydrogens is 419 g/mol. The van der Waals surface area contributed by atoms with Crippen LogP contribution >= 0.6 is 35.7 Å². The summed E-state index contributed by atoms with van der Waals surface area (Å²) < 4.78 is 0.336. The number of hydrogen-bond acceptors (Lipinski definition) is 3. The van der Waals surface area contributed by atoms with Crippen LogP contribution in [0.2, 0.25) is 0 Å². The molecule has 0 bridgehead atoms. The molecule has 138 valence electrons. The molecule has 6 heteroatoms. The summed E-state index contributed by atoms with van der Waals surface area (Å²) in [7, 11) is 6.20. The SMILES string of the molecule is CN=C(NCCCCCCCN(C)C)N1CCSC(C)(C)C1.I. The van der Waals surface area contributed by atoms with Crippen LogP contribution in [-0.2, 0) is 0 Å². The third kappa shape index (κ3) is 10.7. The summed E-state index contributed by atoms with van der Waals surface area (Å²) in [6.45, 7) is 9.11. The predicted octanol–water partition coefficient (Wildman–Crippen LogP) is 3.52. The van der Waals surface area contributed by atoms with Gasteiger partial charge in [0.05, 0.1) is 0 Å². The third-order valence-electron chi connectivity index (χ3n) is 4.00. The lowest BCUT2D eigenvalue weighted by Crippen LogP contribution is -2.51. The van der Waals surface area contributed by atoms with Gasteiger partial charge in [-0.3, -0.25) is 4.99 Å². The van der Waals surface area contributed by atoms with Gasteiger partial charge in [0.25, 0.3) is 0 Å². The van der Waals surface area contributed by atoms with Crippen molar-refractivity contribution in [3.8, 4) is 0 Å². The Morgan fingerprint density at radius 3 is 2.43 bits per heavy atom. The van der Waals surface area contributed by atoms with Crippen LogP contribution in [0, 0.1) is 0 Å². The molecule has 4 nitrogen and oxygen atoms in total. The maximum atomic E-state index is 4.46. The molecule has 0 aromatic heterocycles. The van der Waals surface area contributed by atoms with Gasteiger partial charge in [-0.25, -0.2) is 0 Å². The van der Waals surface area contributed by atoms with Crippen LogP contribution in [0.1, 0.15) is 46.0 Å². The zero-order valence-corrected chi connectivity index (χ0v) is 18.9. The first-order valence-corrected chi connectivity index (χ1v) is 9.67. The molecule has 0 saturated carbocycles. The minimum atomic E-state index is 0. The number of hydrogen-bond donors (Lipinski definition) is 1. The van der Waals surface area contributed by atoms with Crippen molar-refractivity contribution in [3.05, 3.63) is 0 Å². The number of rotatable bonds is 8. The molecule has 0 spiro atoms. The Morgan fingerprint density at radius 2 is 1.83 bits per heavy atom. The van der Waals surface area contributed by atoms with E-state index < -0.39 is 0 Å². The molecule has 0 atom stereocenters. The molecular formula is C17H37IN4S. The minimum Gasteiger partial charge on any atom is -0.356 e. The van der Waals surface area contributed by atoms with Crippen molar-refractivity contribution in [2.75, 3.05) is 53.1 Å². The number of nitrogens with one attached hydrogen (secondary N) is 1. The normalized spacial score (nSPS) is 18.0. The summed E-state index contributed by atoms with van der Waals surface area (Å²) in [5.74, 6) is 2.28. The van der Waals surface area contributed by atoms with E-state index in [2.05, 4.69) is 59.8 Å². The molecule has 1 rings (SSSR count). The van der Waals surface area contributed by atoms with E-state index in [1.807, 2.05) is 7.05 Å². The van der Waals surface area contributed by atoms with Crippen molar-refractivity contribution in [3.63, 3.8) is 0 Å². The first-order valence-electron chi connectivity index (χ1n) is 8.69. The van der Waals surface area contributed by atoms with E-state index in [1.54, 1.807) is 0 Å². The molecule has 1 fully saturated rings. The van der Waals surface area contributed by atoms with Gasteiger partial charge < -0.3 is 15.1 Å². The highest BCUT2D eigenvalue weighted by Crippen LogP contribution is 2.29. The highest BCUT2D eigenvalue weighted by atomic mass is 127. The van der Waals surface area contributed by atoms with E-state index >= 15 is 0 Å². The molecule has 0 aromatic carbocycles. The van der Waals surface area contributed by atoms with Crippen molar-refractivity contribution in [1.82, 2.24) is 15.1 Å². The third-order valence-corrected chi connectivity index (χ3v) is 5.30. The van der Waals surface area contributed by atoms with Crippen LogP contribution in [0.5, 0.6) is 0 Å². The average Bonchev–Trinajstić information content (AvgIpc) is 2.44. The zero-order chi connectivity index (χ0) is 16.4. The smallest absolute Gasteiger partial charge is 0.193 e. The van der Waals surface area contributed by atoms with Gasteiger partial charge in [0, 0.05) is 37.2 Å². The zero-order valence-electron chi connectivity index (χ0n) is 15.7. The fraction of sp³-hybridized carbons (Fsp3) is 0.941. The number of guanidine groups is 1. The van der Waals surface area contributed by atoms with E-state index in [1.165, 1.54) is 44.4 Å². The highest BCUT2D eigenvalue weighted by Gasteiger charge is 2.28. The second kappa shape index (κ2) is 12.6. The number of nitrogens with zero attached hydrogens (tertiary/aromatic N) is 3. The lowest BCUT2D eigenvalue weighted by Gasteiger charge is -2.39. The lowest BCUT2D eigenvalue weighted by molar-refractivity contribution is 0.374. The second-order valence-corrected chi connectivity index (χ2v) is 8.88. The van der Waals surface area contributed by atoms with E-state index in [4.69, 9.17) is 0 Å². The van der Waals surface area contributed by atoms with Crippen molar-refractivity contribution in [2.45, 2.75) is 50.7 Å². The lowest BCUT2D eigenvalue weighted by atomic mass is 10.1. The summed E-state index contributed by atoms with van der Waals surface area (Å²) in [6, 6.07) is 0. The minimum absolute atomic E-state index is 0. The molecule has 1 saturated heterocycles. The number of thioether (sulfide) groups is 1. The molecule has 0 aliphatic carbocycles. The Bertz CT molecular complexity index is 335. The van der Waals surface area contributed by atoms with Crippen LogP contribution in [0.4, 0.5) is 0 Å². The maximum absolute atomic E-state index is 4.46. The van der Waals surface area contributed by atoms with E-state index in [0.29, 0.717) is 4.75 Å². The van der Waals surface area contributed by atoms with Gasteiger partial charge in [0.15, 0.2) is 5.96 Å². The maximum Gasteiger partial charge on any atom is 0.193 e. The monoisotopic (exact) mass is 456 g/mol. The summed E-state index contributed by atoms with van der Waals surface area (Å²) in [4.78, 5) is 9.14. The van der Waals surface area contributed by atoms with Crippen molar-refractivity contribution >= 4 is 41.7 Å². The van der Waals surface area contributed by atoms with Crippen LogP contribution in [0.15, 0.2) is 4.99 Å². The molecule has 1 N–H and O–H groups in total. The summed E-state index contributed by atoms with van der Waals surface area (Å²) in [5, 5.41) is 3.54. The van der Waals surface area contributed by atoms with Gasteiger partial charge in [-0.1, -0.05) is 19.3 Å². The summed E-state index contributed by atoms with van der Waals surface area (Å²) >= 11 is 2.07. The molecule has 1 aliphatic rings. The standard InChI is InChI=1S/C17H36N4S.HI/c1-17(2)15-21(13-14-22-17)16(18-3)19-11-9-7-6-8-10-12-20(4)5;/h6-15H2,1-5H3,(H,18,19);1H. The van der Waals surface area contributed by atoms with Crippen molar-refractivity contribution < 1.29 is 0 Å². The number of aliphatic imine (C=N–C) groups is 1. The van der Waals surface area contributed by atoms with E-state index in [0.717, 1.165) is 25.6 Å². The van der Waals surface area contributed by atoms with Crippen LogP contribution < -0.4 is 5.32 Å². The van der Waals surface area contributed by atoms with Gasteiger partial charge >= 0.3 is 0 Å². The Hall–Kier alpha value is 0.310. The van der Waals surface area contributed by atoms with Gasteiger partial charge in [-0.05, 0) is 47.3 Å². The van der Waals surface area contributed by atoms with Gasteiger partial charge in [-0.2, -0.15) is 11.8 Å². The molecule has 1 heterocycles. The van der Waals surface area contributed by atoms with E-state index in [9.17, 15) is 0 Å². The molecule has 0 radical (unpaired) electrons. The Kier molecular flexibility index (Phi) is 12.8. The van der Waals surface area contributed by atoms with Crippen LogP contribution in [-0.4, -0.2) is 73.6 Å². The second-order valence-electron chi connectivity index (χ2n) is 7.07. The van der Waals surface area contributed by atoms with Gasteiger partial charge in [0.1, 0.15) is 0 Å². The van der Waals surface area contributed by atoms with Gasteiger partial charge in [0.2, 0.25) is 0 Å². The van der Waals surface area contributed by atoms with Crippen LogP contribution in [0.25, 0.3) is 0 Å². The Morgan fingerprint density at radius 1 is 1.17 bits per heavy atom. The largest absolute Gasteiger partial charge is 0.356 e.